The predicted octanol–water partition coefficient (Wildman–Crippen LogP) is 5.67. The number of carbonyl (C=O) groups excluding carboxylic acids is 1. The fourth-order valence-electron chi connectivity index (χ4n) is 9.51. The van der Waals surface area contributed by atoms with Gasteiger partial charge in [-0.25, -0.2) is 0 Å². The molecular formula is C30H41N3O2. The van der Waals surface area contributed by atoms with Crippen LogP contribution in [0.4, 0.5) is 5.69 Å². The minimum Gasteiger partial charge on any atom is -0.325 e. The number of nitrogens with one attached hydrogen (secondary N) is 1. The van der Waals surface area contributed by atoms with Crippen LogP contribution in [0.2, 0.25) is 0 Å². The van der Waals surface area contributed by atoms with Crippen molar-refractivity contribution in [2.45, 2.75) is 78.2 Å². The Morgan fingerprint density at radius 2 is 1.71 bits per heavy atom. The lowest BCUT2D eigenvalue weighted by Crippen LogP contribution is -2.55. The largest absolute Gasteiger partial charge is 0.325 e. The molecule has 1 aromatic heterocycles. The van der Waals surface area contributed by atoms with Crippen LogP contribution in [0, 0.1) is 28.1 Å². The number of carbonyl (C=O) groups is 1. The number of pyridine rings is 1. The summed E-state index contributed by atoms with van der Waals surface area (Å²) >= 11 is 0. The summed E-state index contributed by atoms with van der Waals surface area (Å²) in [6.45, 7) is 7.90. The molecule has 0 radical (unpaired) electrons. The number of aromatic nitrogens is 1. The number of hydrogen-bond donors (Lipinski definition) is 1. The van der Waals surface area contributed by atoms with Gasteiger partial charge >= 0.3 is 0 Å². The second-order valence-corrected chi connectivity index (χ2v) is 13.6. The molecule has 188 valence electrons. The third-order valence-electron chi connectivity index (χ3n) is 9.86. The molecule has 1 N–H and O–H groups in total. The highest BCUT2D eigenvalue weighted by molar-refractivity contribution is 6.02. The monoisotopic (exact) mass is 475 g/mol. The zero-order chi connectivity index (χ0) is 24.4. The standard InChI is InChI=1S/C30H41N3O2/c1-28-13-22-14-29(2,18-28)20-30(15-22,19-28)16-26(34)31-25-6-4-5-24-23(25)9-12-33(27(24)35)17-21-7-10-32(3)11-8-21/h4-6,9,12,21-22H,7-8,10-11,13-20H2,1-3H3,(H,31,34). The third kappa shape index (κ3) is 4.34. The maximum Gasteiger partial charge on any atom is 0.258 e. The molecule has 1 saturated heterocycles. The fourth-order valence-corrected chi connectivity index (χ4v) is 9.51. The fraction of sp³-hybridized carbons (Fsp3) is 0.667. The lowest BCUT2D eigenvalue weighted by Gasteiger charge is -2.65. The number of benzene rings is 1. The quantitative estimate of drug-likeness (QED) is 0.606. The number of anilines is 1. The minimum absolute atomic E-state index is 0.0551. The van der Waals surface area contributed by atoms with E-state index >= 15 is 0 Å². The van der Waals surface area contributed by atoms with Gasteiger partial charge in [-0.15, -0.1) is 0 Å². The van der Waals surface area contributed by atoms with E-state index in [0.717, 1.165) is 49.5 Å². The van der Waals surface area contributed by atoms with Gasteiger partial charge in [0.15, 0.2) is 0 Å². The number of rotatable bonds is 5. The Balaban J connectivity index is 1.20. The molecule has 5 aliphatic rings. The number of hydrogen-bond acceptors (Lipinski definition) is 3. The van der Waals surface area contributed by atoms with E-state index in [4.69, 9.17) is 0 Å². The number of amides is 1. The second-order valence-electron chi connectivity index (χ2n) is 13.6. The number of fused-ring (bicyclic) bond motifs is 1. The summed E-state index contributed by atoms with van der Waals surface area (Å²) in [4.78, 5) is 29.1. The Hall–Kier alpha value is -2.14. The van der Waals surface area contributed by atoms with E-state index in [-0.39, 0.29) is 16.9 Å². The van der Waals surface area contributed by atoms with Gasteiger partial charge in [0.1, 0.15) is 0 Å². The first-order chi connectivity index (χ1) is 16.6. The summed E-state index contributed by atoms with van der Waals surface area (Å²) in [7, 11) is 2.16. The molecule has 1 amide bonds. The summed E-state index contributed by atoms with van der Waals surface area (Å²) in [6.07, 6.45) is 12.4. The van der Waals surface area contributed by atoms with Crippen LogP contribution in [0.5, 0.6) is 0 Å². The average Bonchev–Trinajstić information content (AvgIpc) is 2.74. The molecule has 5 heteroatoms. The van der Waals surface area contributed by atoms with Crippen LogP contribution in [-0.2, 0) is 11.3 Å². The van der Waals surface area contributed by atoms with Gasteiger partial charge in [-0.1, -0.05) is 19.9 Å². The second kappa shape index (κ2) is 8.19. The van der Waals surface area contributed by atoms with Crippen molar-refractivity contribution >= 4 is 22.4 Å². The first-order valence-electron chi connectivity index (χ1n) is 13.7. The van der Waals surface area contributed by atoms with E-state index < -0.39 is 0 Å². The average molecular weight is 476 g/mol. The molecule has 4 saturated carbocycles. The van der Waals surface area contributed by atoms with Crippen molar-refractivity contribution in [1.82, 2.24) is 9.47 Å². The molecule has 7 rings (SSSR count). The summed E-state index contributed by atoms with van der Waals surface area (Å²) in [5.74, 6) is 1.45. The predicted molar refractivity (Wildman–Crippen MR) is 142 cm³/mol. The zero-order valence-electron chi connectivity index (χ0n) is 21.7. The van der Waals surface area contributed by atoms with Gasteiger partial charge in [0.2, 0.25) is 5.91 Å². The van der Waals surface area contributed by atoms with Gasteiger partial charge in [-0.05, 0) is 118 Å². The van der Waals surface area contributed by atoms with Crippen molar-refractivity contribution < 1.29 is 4.79 Å². The first-order valence-corrected chi connectivity index (χ1v) is 13.7. The van der Waals surface area contributed by atoms with Crippen molar-refractivity contribution in [2.75, 3.05) is 25.5 Å². The van der Waals surface area contributed by atoms with E-state index in [9.17, 15) is 9.59 Å². The highest BCUT2D eigenvalue weighted by Gasteiger charge is 2.60. The lowest BCUT2D eigenvalue weighted by atomic mass is 9.40. The van der Waals surface area contributed by atoms with Crippen molar-refractivity contribution in [2.24, 2.45) is 28.1 Å². The Bertz CT molecular complexity index is 1190. The number of nitrogens with zero attached hydrogens (tertiary/aromatic N) is 2. The van der Waals surface area contributed by atoms with E-state index in [1.54, 1.807) is 0 Å². The lowest BCUT2D eigenvalue weighted by molar-refractivity contribution is -0.153. The van der Waals surface area contributed by atoms with Crippen LogP contribution in [-0.4, -0.2) is 35.5 Å². The molecule has 5 fully saturated rings. The van der Waals surface area contributed by atoms with E-state index in [1.165, 1.54) is 38.5 Å². The maximum atomic E-state index is 13.4. The van der Waals surface area contributed by atoms with Crippen LogP contribution in [0.15, 0.2) is 35.3 Å². The Morgan fingerprint density at radius 3 is 2.40 bits per heavy atom. The van der Waals surface area contributed by atoms with Crippen LogP contribution in [0.3, 0.4) is 0 Å². The highest BCUT2D eigenvalue weighted by Crippen LogP contribution is 2.70. The summed E-state index contributed by atoms with van der Waals surface area (Å²) < 4.78 is 1.88. The van der Waals surface area contributed by atoms with Crippen molar-refractivity contribution in [1.29, 1.82) is 0 Å². The number of piperidine rings is 1. The Morgan fingerprint density at radius 1 is 1.00 bits per heavy atom. The smallest absolute Gasteiger partial charge is 0.258 e. The molecule has 5 nitrogen and oxygen atoms in total. The van der Waals surface area contributed by atoms with Gasteiger partial charge in [0.05, 0.1) is 0 Å². The first kappa shape index (κ1) is 23.3. The van der Waals surface area contributed by atoms with Crippen molar-refractivity contribution in [3.8, 4) is 0 Å². The molecule has 35 heavy (non-hydrogen) atoms. The molecular weight excluding hydrogens is 434 g/mol. The zero-order valence-corrected chi connectivity index (χ0v) is 21.7. The van der Waals surface area contributed by atoms with Crippen molar-refractivity contribution in [3.63, 3.8) is 0 Å². The van der Waals surface area contributed by atoms with Gasteiger partial charge < -0.3 is 14.8 Å². The summed E-state index contributed by atoms with van der Waals surface area (Å²) in [6, 6.07) is 7.78. The minimum atomic E-state index is 0.0551. The van der Waals surface area contributed by atoms with Crippen LogP contribution in [0.25, 0.3) is 10.8 Å². The highest BCUT2D eigenvalue weighted by atomic mass is 16.1. The molecule has 4 bridgehead atoms. The van der Waals surface area contributed by atoms with Gasteiger partial charge in [0.25, 0.3) is 5.56 Å². The number of likely N-dealkylation sites (tertiary alicyclic amines) is 1. The van der Waals surface area contributed by atoms with Gasteiger partial charge in [-0.2, -0.15) is 0 Å². The molecule has 4 aliphatic carbocycles. The molecule has 0 spiro atoms. The molecule has 2 atom stereocenters. The van der Waals surface area contributed by atoms with Gasteiger partial charge in [-0.3, -0.25) is 9.59 Å². The van der Waals surface area contributed by atoms with Crippen LogP contribution < -0.4 is 10.9 Å². The summed E-state index contributed by atoms with van der Waals surface area (Å²) in [5, 5.41) is 4.78. The Kier molecular flexibility index (Phi) is 5.45. The Labute approximate surface area is 209 Å². The normalized spacial score (nSPS) is 35.0. The molecule has 1 aliphatic heterocycles. The molecule has 2 unspecified atom stereocenters. The van der Waals surface area contributed by atoms with E-state index in [0.29, 0.717) is 28.6 Å². The van der Waals surface area contributed by atoms with Gasteiger partial charge in [0, 0.05) is 35.6 Å². The van der Waals surface area contributed by atoms with Crippen LogP contribution in [0.1, 0.15) is 71.6 Å². The summed E-state index contributed by atoms with van der Waals surface area (Å²) in [5.41, 5.74) is 1.80. The maximum absolute atomic E-state index is 13.4. The van der Waals surface area contributed by atoms with Crippen molar-refractivity contribution in [3.05, 3.63) is 40.8 Å². The SMILES string of the molecule is CN1CCC(Cn2ccc3c(NC(=O)CC45CC6CC(C)(CC(C)(C6)C4)C5)cccc3c2=O)CC1. The van der Waals surface area contributed by atoms with E-state index in [2.05, 4.69) is 31.1 Å². The molecule has 1 aromatic carbocycles. The van der Waals surface area contributed by atoms with E-state index in [1.807, 2.05) is 35.0 Å². The third-order valence-corrected chi connectivity index (χ3v) is 9.86. The molecule has 2 heterocycles. The molecule has 2 aromatic rings. The van der Waals surface area contributed by atoms with Crippen LogP contribution >= 0.6 is 0 Å². The topological polar surface area (TPSA) is 54.3 Å².